The molecule has 0 spiro atoms. The van der Waals surface area contributed by atoms with E-state index in [1.165, 1.54) is 12.1 Å². The fraction of sp³-hybridized carbons (Fsp3) is 0.250. The van der Waals surface area contributed by atoms with Crippen molar-refractivity contribution in [3.8, 4) is 11.3 Å². The molecule has 4 rings (SSSR count). The van der Waals surface area contributed by atoms with Crippen LogP contribution in [-0.2, 0) is 10.5 Å². The van der Waals surface area contributed by atoms with Gasteiger partial charge in [-0.15, -0.1) is 0 Å². The van der Waals surface area contributed by atoms with Gasteiger partial charge in [0.1, 0.15) is 5.82 Å². The molecule has 1 aliphatic rings. The summed E-state index contributed by atoms with van der Waals surface area (Å²) in [5, 5.41) is 21.2. The summed E-state index contributed by atoms with van der Waals surface area (Å²) in [6.07, 6.45) is -0.0616. The van der Waals surface area contributed by atoms with E-state index in [-0.39, 0.29) is 16.7 Å². The highest BCUT2D eigenvalue weighted by Gasteiger charge is 2.36. The summed E-state index contributed by atoms with van der Waals surface area (Å²) >= 11 is 0. The largest absolute Gasteiger partial charge is 0.388 e. The van der Waals surface area contributed by atoms with E-state index in [1.54, 1.807) is 24.3 Å². The number of aliphatic hydroxyl groups is 2. The highest BCUT2D eigenvalue weighted by molar-refractivity contribution is 6.19. The summed E-state index contributed by atoms with van der Waals surface area (Å²) in [4.78, 5) is 20.4. The standard InChI is InChI=1S/C20H19BFN3O4/c21-20(28)17-16-12(19(27)25-29-20)3-1-4-14(16)24-18(17)10-6-7-11(13(22)9-10)15(26)5-2-8-23/h1,3-4,6-7,9,15,24,26,28H,2,5,8,23H2,(H,25,27). The molecule has 0 aliphatic carbocycles. The minimum absolute atomic E-state index is 0.109. The molecule has 1 aromatic heterocycles. The lowest BCUT2D eigenvalue weighted by molar-refractivity contribution is -0.174. The molecule has 1 aliphatic heterocycles. The average molecular weight is 395 g/mol. The third kappa shape index (κ3) is 3.32. The van der Waals surface area contributed by atoms with Gasteiger partial charge in [0, 0.05) is 27.6 Å². The summed E-state index contributed by atoms with van der Waals surface area (Å²) < 4.78 is 14.7. The molecule has 0 fully saturated rings. The molecule has 6 N–H and O–H groups in total. The van der Waals surface area contributed by atoms with Gasteiger partial charge in [0.25, 0.3) is 5.91 Å². The van der Waals surface area contributed by atoms with E-state index < -0.39 is 23.5 Å². The molecule has 148 valence electrons. The predicted octanol–water partition coefficient (Wildman–Crippen LogP) is 1.69. The van der Waals surface area contributed by atoms with Gasteiger partial charge in [0.2, 0.25) is 0 Å². The number of nitrogens with one attached hydrogen (secondary N) is 2. The molecular formula is C20H19BFN3O4. The van der Waals surface area contributed by atoms with E-state index in [0.717, 1.165) is 0 Å². The zero-order valence-electron chi connectivity index (χ0n) is 15.4. The number of hydrogen-bond donors (Lipinski definition) is 5. The van der Waals surface area contributed by atoms with E-state index in [1.807, 2.05) is 0 Å². The molecule has 1 amide bonds. The van der Waals surface area contributed by atoms with Crippen LogP contribution in [0.15, 0.2) is 36.4 Å². The molecule has 9 heteroatoms. The number of carbonyl (C=O) groups excluding carboxylic acids is 1. The second kappa shape index (κ2) is 7.27. The number of carbonyl (C=O) groups is 1. The number of H-pyrrole nitrogens is 1. The van der Waals surface area contributed by atoms with E-state index in [4.69, 9.17) is 18.4 Å². The molecule has 0 saturated carbocycles. The molecule has 2 heterocycles. The first-order valence-corrected chi connectivity index (χ1v) is 9.16. The molecule has 3 aromatic rings. The van der Waals surface area contributed by atoms with Gasteiger partial charge in [-0.3, -0.25) is 4.79 Å². The number of aromatic nitrogens is 1. The first-order valence-electron chi connectivity index (χ1n) is 9.16. The second-order valence-electron chi connectivity index (χ2n) is 7.02. The highest BCUT2D eigenvalue weighted by Crippen LogP contribution is 2.40. The van der Waals surface area contributed by atoms with Crippen LogP contribution >= 0.6 is 0 Å². The quantitative estimate of drug-likeness (QED) is 0.421. The van der Waals surface area contributed by atoms with Gasteiger partial charge in [0.15, 0.2) is 13.5 Å². The Labute approximate surface area is 167 Å². The Bertz CT molecular complexity index is 1100. The summed E-state index contributed by atoms with van der Waals surface area (Å²) in [5.41, 5.74) is 6.94. The third-order valence-electron chi connectivity index (χ3n) is 5.06. The van der Waals surface area contributed by atoms with Crippen LogP contribution in [0.25, 0.3) is 22.2 Å². The Morgan fingerprint density at radius 1 is 1.31 bits per heavy atom. The van der Waals surface area contributed by atoms with E-state index in [0.29, 0.717) is 41.5 Å². The molecule has 2 atom stereocenters. The van der Waals surface area contributed by atoms with Gasteiger partial charge in [0.05, 0.1) is 17.4 Å². The minimum Gasteiger partial charge on any atom is -0.388 e. The molecule has 29 heavy (non-hydrogen) atoms. The Morgan fingerprint density at radius 2 is 2.10 bits per heavy atom. The highest BCUT2D eigenvalue weighted by atomic mass is 19.1. The maximum Gasteiger partial charge on any atom is 0.275 e. The number of hydroxylamine groups is 1. The summed E-state index contributed by atoms with van der Waals surface area (Å²) in [6, 6.07) is 9.25. The first-order chi connectivity index (χ1) is 13.8. The number of nitrogens with two attached hydrogens (primary N) is 1. The van der Waals surface area contributed by atoms with Crippen molar-refractivity contribution in [2.75, 3.05) is 6.54 Å². The molecule has 2 unspecified atom stereocenters. The number of rotatable bonds is 5. The monoisotopic (exact) mass is 395 g/mol. The van der Waals surface area contributed by atoms with E-state index in [2.05, 4.69) is 10.5 Å². The van der Waals surface area contributed by atoms with Crippen molar-refractivity contribution in [2.24, 2.45) is 5.73 Å². The van der Waals surface area contributed by atoms with Gasteiger partial charge in [-0.25, -0.2) is 14.7 Å². The Morgan fingerprint density at radius 3 is 2.83 bits per heavy atom. The molecule has 0 bridgehead atoms. The lowest BCUT2D eigenvalue weighted by Gasteiger charge is -2.23. The third-order valence-corrected chi connectivity index (χ3v) is 5.06. The first kappa shape index (κ1) is 19.6. The summed E-state index contributed by atoms with van der Waals surface area (Å²) in [7, 11) is 5.92. The van der Waals surface area contributed by atoms with Crippen LogP contribution in [0.1, 0.15) is 40.4 Å². The zero-order chi connectivity index (χ0) is 20.8. The van der Waals surface area contributed by atoms with Crippen molar-refractivity contribution in [2.45, 2.75) is 24.6 Å². The van der Waals surface area contributed by atoms with Crippen LogP contribution in [0.5, 0.6) is 0 Å². The van der Waals surface area contributed by atoms with Crippen molar-refractivity contribution >= 4 is 24.7 Å². The normalized spacial score (nSPS) is 19.8. The predicted molar refractivity (Wildman–Crippen MR) is 105 cm³/mol. The lowest BCUT2D eigenvalue weighted by atomic mass is 9.83. The average Bonchev–Trinajstić information content (AvgIpc) is 3.06. The minimum atomic E-state index is -2.34. The second-order valence-corrected chi connectivity index (χ2v) is 7.02. The molecule has 0 saturated heterocycles. The van der Waals surface area contributed by atoms with E-state index in [9.17, 15) is 19.4 Å². The Balaban J connectivity index is 1.87. The van der Waals surface area contributed by atoms with Crippen molar-refractivity contribution in [3.05, 3.63) is 58.9 Å². The van der Waals surface area contributed by atoms with Gasteiger partial charge in [-0.05, 0) is 37.6 Å². The SMILES string of the molecule is [B]C1(O)ONC(=O)c2cccc3[nH]c(-c4ccc(C(O)CCCN)c(F)c4)c1c23. The van der Waals surface area contributed by atoms with Crippen molar-refractivity contribution in [3.63, 3.8) is 0 Å². The van der Waals surface area contributed by atoms with Crippen LogP contribution in [0.3, 0.4) is 0 Å². The van der Waals surface area contributed by atoms with Gasteiger partial charge >= 0.3 is 0 Å². The zero-order valence-corrected chi connectivity index (χ0v) is 15.4. The van der Waals surface area contributed by atoms with Crippen molar-refractivity contribution < 1.29 is 24.2 Å². The van der Waals surface area contributed by atoms with Gasteiger partial charge < -0.3 is 20.9 Å². The van der Waals surface area contributed by atoms with Crippen LogP contribution in [0, 0.1) is 5.82 Å². The van der Waals surface area contributed by atoms with Gasteiger partial charge in [-0.1, -0.05) is 18.2 Å². The number of hydrogen-bond acceptors (Lipinski definition) is 5. The topological polar surface area (TPSA) is 121 Å². The number of aliphatic hydroxyl groups excluding tert-OH is 1. The van der Waals surface area contributed by atoms with Crippen LogP contribution in [-0.4, -0.2) is 35.5 Å². The number of aromatic amines is 1. The maximum absolute atomic E-state index is 14.7. The van der Waals surface area contributed by atoms with Crippen molar-refractivity contribution in [1.29, 1.82) is 0 Å². The number of halogens is 1. The number of benzene rings is 2. The lowest BCUT2D eigenvalue weighted by Crippen LogP contribution is -2.36. The van der Waals surface area contributed by atoms with Gasteiger partial charge in [-0.2, -0.15) is 0 Å². The Kier molecular flexibility index (Phi) is 4.91. The summed E-state index contributed by atoms with van der Waals surface area (Å²) in [6.45, 7) is 0.402. The molecule has 2 aromatic carbocycles. The number of amides is 1. The smallest absolute Gasteiger partial charge is 0.275 e. The fourth-order valence-electron chi connectivity index (χ4n) is 3.66. The van der Waals surface area contributed by atoms with Crippen LogP contribution in [0.2, 0.25) is 0 Å². The van der Waals surface area contributed by atoms with Crippen LogP contribution < -0.4 is 11.2 Å². The molecule has 2 radical (unpaired) electrons. The van der Waals surface area contributed by atoms with Crippen molar-refractivity contribution in [1.82, 2.24) is 10.5 Å². The Hall–Kier alpha value is -2.72. The maximum atomic E-state index is 14.7. The summed E-state index contributed by atoms with van der Waals surface area (Å²) in [5.74, 6) is -1.17. The van der Waals surface area contributed by atoms with Crippen LogP contribution in [0.4, 0.5) is 4.39 Å². The molecule has 7 nitrogen and oxygen atoms in total. The fourth-order valence-corrected chi connectivity index (χ4v) is 3.66. The molecular weight excluding hydrogens is 376 g/mol. The van der Waals surface area contributed by atoms with E-state index >= 15 is 0 Å².